The molecule has 0 radical (unpaired) electrons. The summed E-state index contributed by atoms with van der Waals surface area (Å²) in [5.74, 6) is 0.396. The van der Waals surface area contributed by atoms with E-state index in [0.29, 0.717) is 5.92 Å². The van der Waals surface area contributed by atoms with Crippen LogP contribution in [0, 0.1) is 5.92 Å². The summed E-state index contributed by atoms with van der Waals surface area (Å²) < 4.78 is 12.5. The molecule has 0 N–H and O–H groups in total. The number of hydrogen-bond acceptors (Lipinski definition) is 1. The molecule has 0 aliphatic heterocycles. The van der Waals surface area contributed by atoms with Crippen LogP contribution in [0.2, 0.25) is 0 Å². The predicted octanol–water partition coefficient (Wildman–Crippen LogP) is 3.18. The van der Waals surface area contributed by atoms with Crippen LogP contribution < -0.4 is 0 Å². The van der Waals surface area contributed by atoms with Gasteiger partial charge in [0, 0.05) is 13.3 Å². The van der Waals surface area contributed by atoms with Gasteiger partial charge in [0.15, 0.2) is 0 Å². The summed E-state index contributed by atoms with van der Waals surface area (Å²) >= 11 is 0. The van der Waals surface area contributed by atoms with Gasteiger partial charge < -0.3 is 0 Å². The van der Waals surface area contributed by atoms with Crippen molar-refractivity contribution in [3.05, 3.63) is 23.8 Å². The number of hydrogen-bond donors (Lipinski definition) is 0. The second-order valence-corrected chi connectivity index (χ2v) is 3.27. The normalized spacial score (nSPS) is 16.3. The molecule has 0 amide bonds. The maximum absolute atomic E-state index is 12.5. The van der Waals surface area contributed by atoms with Gasteiger partial charge in [-0.2, -0.15) is 0 Å². The minimum atomic E-state index is -0.888. The van der Waals surface area contributed by atoms with Gasteiger partial charge in [-0.25, -0.2) is 4.39 Å². The van der Waals surface area contributed by atoms with Gasteiger partial charge in [-0.05, 0) is 24.5 Å². The molecule has 0 rings (SSSR count). The summed E-state index contributed by atoms with van der Waals surface area (Å²) in [6, 6.07) is 0. The molecule has 0 fully saturated rings. The van der Waals surface area contributed by atoms with Crippen LogP contribution in [0.25, 0.3) is 0 Å². The van der Waals surface area contributed by atoms with Gasteiger partial charge in [0.2, 0.25) is 0 Å². The van der Waals surface area contributed by atoms with Crippen molar-refractivity contribution in [2.24, 2.45) is 10.9 Å². The van der Waals surface area contributed by atoms with Gasteiger partial charge in [0.05, 0.1) is 0 Å². The Bertz CT molecular complexity index is 212. The Morgan fingerprint density at radius 3 is 2.31 bits per heavy atom. The third-order valence-electron chi connectivity index (χ3n) is 1.64. The van der Waals surface area contributed by atoms with Crippen LogP contribution in [0.1, 0.15) is 20.8 Å². The van der Waals surface area contributed by atoms with Crippen molar-refractivity contribution in [3.8, 4) is 0 Å². The van der Waals surface area contributed by atoms with Gasteiger partial charge in [0.25, 0.3) is 0 Å². The Kier molecular flexibility index (Phi) is 6.11. The van der Waals surface area contributed by atoms with E-state index >= 15 is 0 Å². The van der Waals surface area contributed by atoms with E-state index in [4.69, 9.17) is 0 Å². The van der Waals surface area contributed by atoms with E-state index in [1.807, 2.05) is 12.2 Å². The quantitative estimate of drug-likeness (QED) is 0.469. The van der Waals surface area contributed by atoms with Gasteiger partial charge in [-0.15, -0.1) is 0 Å². The summed E-state index contributed by atoms with van der Waals surface area (Å²) in [4.78, 5) is 3.86. The maximum atomic E-state index is 12.5. The lowest BCUT2D eigenvalue weighted by Gasteiger charge is -2.04. The van der Waals surface area contributed by atoms with Crippen LogP contribution in [-0.2, 0) is 0 Å². The molecule has 0 bridgehead atoms. The molecule has 0 spiro atoms. The molecule has 0 saturated carbocycles. The minimum Gasteiger partial charge on any atom is -0.297 e. The zero-order valence-corrected chi connectivity index (χ0v) is 8.79. The molecule has 0 aromatic rings. The Labute approximate surface area is 80.1 Å². The highest BCUT2D eigenvalue weighted by Gasteiger charge is 1.98. The van der Waals surface area contributed by atoms with Crippen molar-refractivity contribution in [2.75, 3.05) is 7.05 Å². The van der Waals surface area contributed by atoms with E-state index in [2.05, 4.69) is 18.8 Å². The molecule has 0 saturated heterocycles. The van der Waals surface area contributed by atoms with E-state index in [1.165, 1.54) is 6.92 Å². The second kappa shape index (κ2) is 6.58. The van der Waals surface area contributed by atoms with Crippen LogP contribution in [0.15, 0.2) is 28.8 Å². The fraction of sp³-hybridized carbons (Fsp3) is 0.545. The summed E-state index contributed by atoms with van der Waals surface area (Å²) in [7, 11) is 1.72. The zero-order chi connectivity index (χ0) is 10.3. The first-order chi connectivity index (χ1) is 6.07. The number of halogens is 1. The number of alkyl halides is 1. The SMILES string of the molecule is C\N=C/C=C(\C=C\C(C)F)C(C)C. The molecule has 1 unspecified atom stereocenters. The van der Waals surface area contributed by atoms with Crippen LogP contribution in [-0.4, -0.2) is 19.4 Å². The summed E-state index contributed by atoms with van der Waals surface area (Å²) in [6.45, 7) is 5.66. The van der Waals surface area contributed by atoms with Crippen LogP contribution >= 0.6 is 0 Å². The van der Waals surface area contributed by atoms with Crippen LogP contribution in [0.4, 0.5) is 4.39 Å². The largest absolute Gasteiger partial charge is 0.297 e. The van der Waals surface area contributed by atoms with E-state index in [-0.39, 0.29) is 0 Å². The molecule has 1 nitrogen and oxygen atoms in total. The molecular formula is C11H18FN. The van der Waals surface area contributed by atoms with Gasteiger partial charge in [-0.3, -0.25) is 4.99 Å². The molecule has 2 heteroatoms. The lowest BCUT2D eigenvalue weighted by atomic mass is 10.0. The highest BCUT2D eigenvalue weighted by atomic mass is 19.1. The highest BCUT2D eigenvalue weighted by molar-refractivity contribution is 5.72. The number of aliphatic imine (C=N–C) groups is 1. The van der Waals surface area contributed by atoms with Crippen molar-refractivity contribution < 1.29 is 4.39 Å². The van der Waals surface area contributed by atoms with Crippen molar-refractivity contribution in [1.29, 1.82) is 0 Å². The topological polar surface area (TPSA) is 12.4 Å². The molecule has 0 aromatic carbocycles. The van der Waals surface area contributed by atoms with Crippen molar-refractivity contribution in [1.82, 2.24) is 0 Å². The Morgan fingerprint density at radius 2 is 1.92 bits per heavy atom. The Morgan fingerprint density at radius 1 is 1.31 bits per heavy atom. The average molecular weight is 183 g/mol. The molecule has 0 aliphatic rings. The predicted molar refractivity (Wildman–Crippen MR) is 57.0 cm³/mol. The van der Waals surface area contributed by atoms with Crippen molar-refractivity contribution >= 4 is 6.21 Å². The summed E-state index contributed by atoms with van der Waals surface area (Å²) in [5.41, 5.74) is 1.09. The lowest BCUT2D eigenvalue weighted by molar-refractivity contribution is 0.430. The Balaban J connectivity index is 4.44. The zero-order valence-electron chi connectivity index (χ0n) is 8.79. The smallest absolute Gasteiger partial charge is 0.116 e. The summed E-state index contributed by atoms with van der Waals surface area (Å²) in [5, 5.41) is 0. The monoisotopic (exact) mass is 183 g/mol. The third-order valence-corrected chi connectivity index (χ3v) is 1.64. The highest BCUT2D eigenvalue weighted by Crippen LogP contribution is 2.10. The van der Waals surface area contributed by atoms with E-state index in [9.17, 15) is 4.39 Å². The first kappa shape index (κ1) is 12.1. The van der Waals surface area contributed by atoms with Gasteiger partial charge in [-0.1, -0.05) is 26.0 Å². The number of rotatable bonds is 4. The third kappa shape index (κ3) is 6.26. The standard InChI is InChI=1S/C11H18FN/c1-9(2)11(7-8-13-4)6-5-10(3)12/h5-10H,1-4H3/b6-5+,11-7+,13-8-. The van der Waals surface area contributed by atoms with Gasteiger partial charge in [0.1, 0.15) is 6.17 Å². The Hall–Kier alpha value is -0.920. The van der Waals surface area contributed by atoms with Crippen molar-refractivity contribution in [3.63, 3.8) is 0 Å². The fourth-order valence-electron chi connectivity index (χ4n) is 0.845. The lowest BCUT2D eigenvalue weighted by Crippen LogP contribution is -1.93. The molecular weight excluding hydrogens is 165 g/mol. The fourth-order valence-corrected chi connectivity index (χ4v) is 0.845. The summed E-state index contributed by atoms with van der Waals surface area (Å²) in [6.07, 6.45) is 6.11. The second-order valence-electron chi connectivity index (χ2n) is 3.27. The van der Waals surface area contributed by atoms with Crippen LogP contribution in [0.5, 0.6) is 0 Å². The molecule has 1 atom stereocenters. The molecule has 0 aliphatic carbocycles. The van der Waals surface area contributed by atoms with Crippen LogP contribution in [0.3, 0.4) is 0 Å². The van der Waals surface area contributed by atoms with Gasteiger partial charge >= 0.3 is 0 Å². The number of allylic oxidation sites excluding steroid dienone is 4. The molecule has 0 heterocycles. The maximum Gasteiger partial charge on any atom is 0.116 e. The molecule has 13 heavy (non-hydrogen) atoms. The average Bonchev–Trinajstić information content (AvgIpc) is 2.03. The molecule has 74 valence electrons. The van der Waals surface area contributed by atoms with E-state index < -0.39 is 6.17 Å². The van der Waals surface area contributed by atoms with E-state index in [0.717, 1.165) is 5.57 Å². The van der Waals surface area contributed by atoms with Crippen molar-refractivity contribution in [2.45, 2.75) is 26.9 Å². The van der Waals surface area contributed by atoms with E-state index in [1.54, 1.807) is 19.3 Å². The first-order valence-corrected chi connectivity index (χ1v) is 4.52. The number of nitrogens with zero attached hydrogens (tertiary/aromatic N) is 1. The molecule has 0 aromatic heterocycles. The minimum absolute atomic E-state index is 0.396. The first-order valence-electron chi connectivity index (χ1n) is 4.52.